The Morgan fingerprint density at radius 1 is 1.10 bits per heavy atom. The molecular weight excluding hydrogens is 256 g/mol. The van der Waals surface area contributed by atoms with E-state index >= 15 is 0 Å². The van der Waals surface area contributed by atoms with Gasteiger partial charge in [0.25, 0.3) is 0 Å². The molecule has 0 radical (unpaired) electrons. The van der Waals surface area contributed by atoms with Crippen LogP contribution in [-0.4, -0.2) is 36.1 Å². The average molecular weight is 276 g/mol. The van der Waals surface area contributed by atoms with Crippen LogP contribution in [0.2, 0.25) is 0 Å². The first-order chi connectivity index (χ1) is 9.66. The van der Waals surface area contributed by atoms with Crippen LogP contribution >= 0.6 is 0 Å². The number of amides is 1. The summed E-state index contributed by atoms with van der Waals surface area (Å²) in [6.07, 6.45) is 3.15. The van der Waals surface area contributed by atoms with Gasteiger partial charge in [-0.1, -0.05) is 24.3 Å². The number of carbonyl (C=O) groups excluding carboxylic acids is 1. The van der Waals surface area contributed by atoms with E-state index in [-0.39, 0.29) is 5.91 Å². The molecule has 0 bridgehead atoms. The number of benzene rings is 1. The highest BCUT2D eigenvalue weighted by molar-refractivity contribution is 5.87. The first-order valence-electron chi connectivity index (χ1n) is 6.96. The molecule has 5 nitrogen and oxygen atoms in total. The molecule has 20 heavy (non-hydrogen) atoms. The summed E-state index contributed by atoms with van der Waals surface area (Å²) >= 11 is 0. The van der Waals surface area contributed by atoms with Crippen molar-refractivity contribution in [3.8, 4) is 0 Å². The zero-order valence-corrected chi connectivity index (χ0v) is 11.4. The minimum Gasteiger partial charge on any atom is -0.480 e. The average Bonchev–Trinajstić information content (AvgIpc) is 2.74. The van der Waals surface area contributed by atoms with Crippen molar-refractivity contribution in [3.63, 3.8) is 0 Å². The smallest absolute Gasteiger partial charge is 0.326 e. The lowest BCUT2D eigenvalue weighted by Gasteiger charge is -2.01. The highest BCUT2D eigenvalue weighted by Crippen LogP contribution is 2.11. The molecule has 0 saturated carbocycles. The van der Waals surface area contributed by atoms with Gasteiger partial charge in [-0.3, -0.25) is 4.79 Å². The number of nitrogens with one attached hydrogen (secondary N) is 2. The molecule has 108 valence electrons. The van der Waals surface area contributed by atoms with Gasteiger partial charge in [0.15, 0.2) is 0 Å². The molecule has 0 aliphatic carbocycles. The van der Waals surface area contributed by atoms with E-state index in [0.29, 0.717) is 12.8 Å². The largest absolute Gasteiger partial charge is 0.480 e. The maximum Gasteiger partial charge on any atom is 0.326 e. The Bertz CT molecular complexity index is 463. The van der Waals surface area contributed by atoms with Crippen LogP contribution in [-0.2, 0) is 22.4 Å². The fourth-order valence-electron chi connectivity index (χ4n) is 2.42. The lowest BCUT2D eigenvalue weighted by molar-refractivity contribution is -0.140. The SMILES string of the molecule is O=C1CC[C@@H](C(=O)O)N1.c1ccc2c(c1)CCNCC2. The van der Waals surface area contributed by atoms with E-state index in [2.05, 4.69) is 34.9 Å². The monoisotopic (exact) mass is 276 g/mol. The molecule has 2 heterocycles. The molecule has 0 aromatic heterocycles. The minimum absolute atomic E-state index is 0.164. The topological polar surface area (TPSA) is 78.4 Å². The third-order valence-corrected chi connectivity index (χ3v) is 3.55. The summed E-state index contributed by atoms with van der Waals surface area (Å²) in [6.45, 7) is 2.27. The standard InChI is InChI=1S/C10H13N.C5H7NO3/c1-2-4-10-6-8-11-7-5-9(10)3-1;7-4-2-1-3(6-4)5(8)9/h1-4,11H,5-8H2;3H,1-2H2,(H,6,7)(H,8,9)/t;3-/m.0/s1. The summed E-state index contributed by atoms with van der Waals surface area (Å²) in [5.41, 5.74) is 3.05. The number of carboxylic acids is 1. The summed E-state index contributed by atoms with van der Waals surface area (Å²) in [7, 11) is 0. The van der Waals surface area contributed by atoms with E-state index in [1.165, 1.54) is 24.0 Å². The van der Waals surface area contributed by atoms with E-state index < -0.39 is 12.0 Å². The van der Waals surface area contributed by atoms with Gasteiger partial charge in [0.05, 0.1) is 0 Å². The second-order valence-corrected chi connectivity index (χ2v) is 5.02. The molecule has 5 heteroatoms. The van der Waals surface area contributed by atoms with Crippen molar-refractivity contribution in [2.45, 2.75) is 31.7 Å². The van der Waals surface area contributed by atoms with Crippen LogP contribution in [0.3, 0.4) is 0 Å². The Balaban J connectivity index is 0.000000151. The van der Waals surface area contributed by atoms with Crippen LogP contribution in [0.15, 0.2) is 24.3 Å². The molecule has 1 aromatic rings. The molecule has 1 fully saturated rings. The first-order valence-corrected chi connectivity index (χ1v) is 6.96. The molecule has 0 spiro atoms. The highest BCUT2D eigenvalue weighted by Gasteiger charge is 2.26. The maximum atomic E-state index is 10.4. The van der Waals surface area contributed by atoms with Crippen molar-refractivity contribution in [2.75, 3.05) is 13.1 Å². The lowest BCUT2D eigenvalue weighted by Crippen LogP contribution is -2.32. The molecule has 3 rings (SSSR count). The Hall–Kier alpha value is -1.88. The van der Waals surface area contributed by atoms with Gasteiger partial charge >= 0.3 is 5.97 Å². The van der Waals surface area contributed by atoms with Crippen LogP contribution in [0.1, 0.15) is 24.0 Å². The molecule has 2 aliphatic rings. The summed E-state index contributed by atoms with van der Waals surface area (Å²) < 4.78 is 0. The van der Waals surface area contributed by atoms with Gasteiger partial charge in [0, 0.05) is 6.42 Å². The van der Waals surface area contributed by atoms with Crippen molar-refractivity contribution in [1.82, 2.24) is 10.6 Å². The maximum absolute atomic E-state index is 10.4. The lowest BCUT2D eigenvalue weighted by atomic mass is 10.0. The Morgan fingerprint density at radius 2 is 1.70 bits per heavy atom. The van der Waals surface area contributed by atoms with Gasteiger partial charge in [-0.15, -0.1) is 0 Å². The van der Waals surface area contributed by atoms with Gasteiger partial charge in [-0.2, -0.15) is 0 Å². The number of rotatable bonds is 1. The van der Waals surface area contributed by atoms with Crippen LogP contribution in [0.25, 0.3) is 0 Å². The Labute approximate surface area is 118 Å². The molecule has 2 aliphatic heterocycles. The summed E-state index contributed by atoms with van der Waals surface area (Å²) in [5, 5.41) is 14.0. The van der Waals surface area contributed by atoms with Gasteiger partial charge in [0.1, 0.15) is 6.04 Å². The van der Waals surface area contributed by atoms with E-state index in [9.17, 15) is 9.59 Å². The fraction of sp³-hybridized carbons (Fsp3) is 0.467. The first kappa shape index (κ1) is 14.5. The number of hydrogen-bond donors (Lipinski definition) is 3. The molecule has 1 aromatic carbocycles. The van der Waals surface area contributed by atoms with Gasteiger partial charge in [-0.25, -0.2) is 4.79 Å². The normalized spacial score (nSPS) is 21.0. The van der Waals surface area contributed by atoms with Crippen molar-refractivity contribution in [1.29, 1.82) is 0 Å². The quantitative estimate of drug-likeness (QED) is 0.706. The van der Waals surface area contributed by atoms with Crippen molar-refractivity contribution >= 4 is 11.9 Å². The Morgan fingerprint density at radius 3 is 2.10 bits per heavy atom. The molecular formula is C15H20N2O3. The molecule has 1 amide bonds. The number of hydrogen-bond acceptors (Lipinski definition) is 3. The summed E-state index contributed by atoms with van der Waals surface area (Å²) in [5.74, 6) is -1.11. The fourth-order valence-corrected chi connectivity index (χ4v) is 2.42. The zero-order valence-electron chi connectivity index (χ0n) is 11.4. The van der Waals surface area contributed by atoms with Crippen molar-refractivity contribution in [2.24, 2.45) is 0 Å². The molecule has 0 unspecified atom stereocenters. The summed E-state index contributed by atoms with van der Waals surface area (Å²) in [4.78, 5) is 20.5. The van der Waals surface area contributed by atoms with Gasteiger partial charge < -0.3 is 15.7 Å². The number of carbonyl (C=O) groups is 2. The third kappa shape index (κ3) is 4.06. The molecule has 1 atom stereocenters. The van der Waals surface area contributed by atoms with E-state index in [1.807, 2.05) is 0 Å². The number of aliphatic carboxylic acids is 1. The number of carboxylic acid groups (broad SMARTS) is 1. The molecule has 3 N–H and O–H groups in total. The Kier molecular flexibility index (Phi) is 5.12. The van der Waals surface area contributed by atoms with Crippen LogP contribution in [0.4, 0.5) is 0 Å². The summed E-state index contributed by atoms with van der Waals surface area (Å²) in [6, 6.07) is 8.09. The minimum atomic E-state index is -0.944. The van der Waals surface area contributed by atoms with Crippen LogP contribution in [0.5, 0.6) is 0 Å². The zero-order chi connectivity index (χ0) is 14.4. The van der Waals surface area contributed by atoms with Crippen LogP contribution < -0.4 is 10.6 Å². The predicted molar refractivity (Wildman–Crippen MR) is 75.5 cm³/mol. The van der Waals surface area contributed by atoms with Gasteiger partial charge in [0.2, 0.25) is 5.91 Å². The number of fused-ring (bicyclic) bond motifs is 1. The highest BCUT2D eigenvalue weighted by atomic mass is 16.4. The second kappa shape index (κ2) is 7.05. The van der Waals surface area contributed by atoms with Crippen molar-refractivity contribution < 1.29 is 14.7 Å². The van der Waals surface area contributed by atoms with E-state index in [4.69, 9.17) is 5.11 Å². The third-order valence-electron chi connectivity index (χ3n) is 3.55. The van der Waals surface area contributed by atoms with Crippen molar-refractivity contribution in [3.05, 3.63) is 35.4 Å². The second-order valence-electron chi connectivity index (χ2n) is 5.02. The van der Waals surface area contributed by atoms with E-state index in [1.54, 1.807) is 0 Å². The molecule has 1 saturated heterocycles. The van der Waals surface area contributed by atoms with E-state index in [0.717, 1.165) is 13.1 Å². The van der Waals surface area contributed by atoms with Gasteiger partial charge in [-0.05, 0) is 43.5 Å². The van der Waals surface area contributed by atoms with Crippen LogP contribution in [0, 0.1) is 0 Å². The predicted octanol–water partition coefficient (Wildman–Crippen LogP) is 0.724.